The highest BCUT2D eigenvalue weighted by Gasteiger charge is 2.29. The van der Waals surface area contributed by atoms with Crippen LogP contribution in [0.3, 0.4) is 0 Å². The molecular weight excluding hydrogens is 338 g/mol. The van der Waals surface area contributed by atoms with Gasteiger partial charge in [0.2, 0.25) is 5.91 Å². The number of thioether (sulfide) groups is 1. The second-order valence-corrected chi connectivity index (χ2v) is 7.78. The van der Waals surface area contributed by atoms with Crippen molar-refractivity contribution in [2.45, 2.75) is 32.4 Å². The number of hydrogen-bond donors (Lipinski definition) is 2. The Morgan fingerprint density at radius 2 is 2.08 bits per heavy atom. The number of aromatic carboxylic acids is 1. The second-order valence-electron chi connectivity index (χ2n) is 6.59. The lowest BCUT2D eigenvalue weighted by molar-refractivity contribution is -0.113. The summed E-state index contributed by atoms with van der Waals surface area (Å²) in [5.74, 6) is 0.616. The molecule has 0 saturated carbocycles. The van der Waals surface area contributed by atoms with Crippen LogP contribution in [0.15, 0.2) is 24.3 Å². The molecule has 1 amide bonds. The summed E-state index contributed by atoms with van der Waals surface area (Å²) in [6, 6.07) is 6.50. The number of hydrogen-bond acceptors (Lipinski definition) is 4. The SMILES string of the molecule is Cc1nn(-c2ccc(C(=O)O)cc2)c2c1C(CC(C)C)SCC(=O)N2. The van der Waals surface area contributed by atoms with Crippen LogP contribution in [0, 0.1) is 12.8 Å². The number of carbonyl (C=O) groups excluding carboxylic acids is 1. The number of carboxylic acids is 1. The van der Waals surface area contributed by atoms with Gasteiger partial charge in [0, 0.05) is 10.8 Å². The van der Waals surface area contributed by atoms with E-state index < -0.39 is 5.97 Å². The van der Waals surface area contributed by atoms with Gasteiger partial charge in [0.15, 0.2) is 0 Å². The van der Waals surface area contributed by atoms with Crippen LogP contribution in [0.2, 0.25) is 0 Å². The van der Waals surface area contributed by atoms with Crippen LogP contribution < -0.4 is 5.32 Å². The van der Waals surface area contributed by atoms with E-state index in [0.29, 0.717) is 17.5 Å². The Morgan fingerprint density at radius 3 is 2.68 bits per heavy atom. The van der Waals surface area contributed by atoms with Crippen molar-refractivity contribution < 1.29 is 14.7 Å². The average Bonchev–Trinajstić information content (AvgIpc) is 2.77. The van der Waals surface area contributed by atoms with E-state index in [1.165, 1.54) is 0 Å². The number of fused-ring (bicyclic) bond motifs is 1. The van der Waals surface area contributed by atoms with Crippen molar-refractivity contribution >= 4 is 29.5 Å². The maximum Gasteiger partial charge on any atom is 0.335 e. The van der Waals surface area contributed by atoms with E-state index in [-0.39, 0.29) is 16.7 Å². The minimum atomic E-state index is -0.969. The Kier molecular flexibility index (Phi) is 4.85. The Balaban J connectivity index is 2.07. The van der Waals surface area contributed by atoms with Gasteiger partial charge in [-0.25, -0.2) is 9.48 Å². The summed E-state index contributed by atoms with van der Waals surface area (Å²) in [5, 5.41) is 16.8. The predicted octanol–water partition coefficient (Wildman–Crippen LogP) is 3.65. The van der Waals surface area contributed by atoms with Gasteiger partial charge in [-0.05, 0) is 43.5 Å². The van der Waals surface area contributed by atoms with E-state index in [4.69, 9.17) is 5.11 Å². The van der Waals surface area contributed by atoms with Crippen molar-refractivity contribution in [2.24, 2.45) is 5.92 Å². The first-order chi connectivity index (χ1) is 11.9. The van der Waals surface area contributed by atoms with E-state index in [1.54, 1.807) is 40.7 Å². The molecule has 1 unspecified atom stereocenters. The molecule has 1 aliphatic heterocycles. The molecule has 1 aliphatic rings. The van der Waals surface area contributed by atoms with Crippen LogP contribution in [0.4, 0.5) is 5.82 Å². The van der Waals surface area contributed by atoms with Crippen LogP contribution in [0.1, 0.15) is 47.1 Å². The smallest absolute Gasteiger partial charge is 0.335 e. The number of aromatic nitrogens is 2. The van der Waals surface area contributed by atoms with Gasteiger partial charge in [0.1, 0.15) is 5.82 Å². The predicted molar refractivity (Wildman–Crippen MR) is 98.5 cm³/mol. The van der Waals surface area contributed by atoms with Gasteiger partial charge < -0.3 is 10.4 Å². The van der Waals surface area contributed by atoms with Gasteiger partial charge in [-0.2, -0.15) is 5.10 Å². The molecule has 0 spiro atoms. The highest BCUT2D eigenvalue weighted by molar-refractivity contribution is 8.00. The molecule has 0 aliphatic carbocycles. The third-order valence-electron chi connectivity index (χ3n) is 4.15. The molecule has 1 aromatic heterocycles. The Hall–Kier alpha value is -2.28. The highest BCUT2D eigenvalue weighted by atomic mass is 32.2. The minimum Gasteiger partial charge on any atom is -0.478 e. The molecule has 132 valence electrons. The molecule has 2 N–H and O–H groups in total. The van der Waals surface area contributed by atoms with Gasteiger partial charge in [-0.3, -0.25) is 4.79 Å². The summed E-state index contributed by atoms with van der Waals surface area (Å²) in [5.41, 5.74) is 2.89. The average molecular weight is 359 g/mol. The molecule has 1 aromatic carbocycles. The first-order valence-corrected chi connectivity index (χ1v) is 9.26. The van der Waals surface area contributed by atoms with Crippen LogP contribution in [-0.2, 0) is 4.79 Å². The van der Waals surface area contributed by atoms with E-state index >= 15 is 0 Å². The normalized spacial score (nSPS) is 17.1. The number of nitrogens with one attached hydrogen (secondary N) is 1. The zero-order chi connectivity index (χ0) is 18.1. The van der Waals surface area contributed by atoms with Crippen molar-refractivity contribution in [1.29, 1.82) is 0 Å². The molecular formula is C18H21N3O3S. The third-order valence-corrected chi connectivity index (χ3v) is 5.41. The fraction of sp³-hybridized carbons (Fsp3) is 0.389. The number of carboxylic acid groups (broad SMARTS) is 1. The highest BCUT2D eigenvalue weighted by Crippen LogP contribution is 2.43. The van der Waals surface area contributed by atoms with Gasteiger partial charge in [0.25, 0.3) is 0 Å². The van der Waals surface area contributed by atoms with Crippen LogP contribution in [0.25, 0.3) is 5.69 Å². The molecule has 2 heterocycles. The second kappa shape index (κ2) is 6.92. The summed E-state index contributed by atoms with van der Waals surface area (Å²) in [6.07, 6.45) is 0.969. The molecule has 2 aromatic rings. The fourth-order valence-corrected chi connectivity index (χ4v) is 4.41. The lowest BCUT2D eigenvalue weighted by Gasteiger charge is -2.16. The Bertz CT molecular complexity index is 812. The lowest BCUT2D eigenvalue weighted by Crippen LogP contribution is -2.15. The molecule has 0 radical (unpaired) electrons. The number of amides is 1. The molecule has 0 saturated heterocycles. The Morgan fingerprint density at radius 1 is 1.40 bits per heavy atom. The lowest BCUT2D eigenvalue weighted by atomic mass is 10.0. The largest absolute Gasteiger partial charge is 0.478 e. The van der Waals surface area contributed by atoms with Crippen molar-refractivity contribution in [3.8, 4) is 5.69 Å². The van der Waals surface area contributed by atoms with E-state index in [2.05, 4.69) is 24.3 Å². The van der Waals surface area contributed by atoms with Crippen LogP contribution >= 0.6 is 11.8 Å². The van der Waals surface area contributed by atoms with E-state index in [0.717, 1.165) is 23.4 Å². The number of nitrogens with zero attached hydrogens (tertiary/aromatic N) is 2. The van der Waals surface area contributed by atoms with Crippen molar-refractivity contribution in [3.05, 3.63) is 41.1 Å². The Labute approximate surface area is 150 Å². The first kappa shape index (κ1) is 17.5. The zero-order valence-corrected chi connectivity index (χ0v) is 15.3. The fourth-order valence-electron chi connectivity index (χ4n) is 3.02. The molecule has 25 heavy (non-hydrogen) atoms. The first-order valence-electron chi connectivity index (χ1n) is 8.21. The summed E-state index contributed by atoms with van der Waals surface area (Å²) >= 11 is 1.65. The number of benzene rings is 1. The number of carbonyl (C=O) groups is 2. The minimum absolute atomic E-state index is 0.0409. The van der Waals surface area contributed by atoms with Crippen molar-refractivity contribution in [1.82, 2.24) is 9.78 Å². The summed E-state index contributed by atoms with van der Waals surface area (Å²) < 4.78 is 1.70. The van der Waals surface area contributed by atoms with Gasteiger partial charge in [0.05, 0.1) is 22.7 Å². The maximum atomic E-state index is 12.2. The zero-order valence-electron chi connectivity index (χ0n) is 14.4. The van der Waals surface area contributed by atoms with E-state index in [9.17, 15) is 9.59 Å². The van der Waals surface area contributed by atoms with Crippen LogP contribution in [-0.4, -0.2) is 32.5 Å². The molecule has 1 atom stereocenters. The van der Waals surface area contributed by atoms with Crippen molar-refractivity contribution in [3.63, 3.8) is 0 Å². The summed E-state index contributed by atoms with van der Waals surface area (Å²) in [4.78, 5) is 23.2. The molecule has 7 heteroatoms. The molecule has 3 rings (SSSR count). The van der Waals surface area contributed by atoms with Crippen molar-refractivity contribution in [2.75, 3.05) is 11.1 Å². The van der Waals surface area contributed by atoms with Gasteiger partial charge in [-0.15, -0.1) is 11.8 Å². The van der Waals surface area contributed by atoms with E-state index in [1.807, 2.05) is 6.92 Å². The number of aryl methyl sites for hydroxylation is 1. The molecule has 0 bridgehead atoms. The van der Waals surface area contributed by atoms with Gasteiger partial charge >= 0.3 is 5.97 Å². The summed E-state index contributed by atoms with van der Waals surface area (Å²) in [6.45, 7) is 6.29. The summed E-state index contributed by atoms with van der Waals surface area (Å²) in [7, 11) is 0. The topological polar surface area (TPSA) is 84.2 Å². The third kappa shape index (κ3) is 3.56. The number of anilines is 1. The molecule has 0 fully saturated rings. The standard InChI is InChI=1S/C18H21N3O3S/c1-10(2)8-14-16-11(3)20-21(17(16)19-15(22)9-25-14)13-6-4-12(5-7-13)18(23)24/h4-7,10,14H,8-9H2,1-3H3,(H,19,22)(H,23,24). The monoisotopic (exact) mass is 359 g/mol. The molecule has 6 nitrogen and oxygen atoms in total. The van der Waals surface area contributed by atoms with Gasteiger partial charge in [-0.1, -0.05) is 13.8 Å². The van der Waals surface area contributed by atoms with Crippen LogP contribution in [0.5, 0.6) is 0 Å². The number of rotatable bonds is 4. The maximum absolute atomic E-state index is 12.2. The quantitative estimate of drug-likeness (QED) is 0.870.